The second-order valence-electron chi connectivity index (χ2n) is 5.32. The SMILES string of the molecule is Cc1cc(N=C([O-])c2ccccc2NS(=O)(=O)c2ccc(Br)cc2)no1. The molecule has 0 saturated heterocycles. The van der Waals surface area contributed by atoms with Crippen LogP contribution in [0.4, 0.5) is 11.5 Å². The summed E-state index contributed by atoms with van der Waals surface area (Å²) in [6, 6.07) is 13.9. The number of rotatable bonds is 5. The molecule has 2 aromatic carbocycles. The van der Waals surface area contributed by atoms with Gasteiger partial charge in [-0.2, -0.15) is 0 Å². The van der Waals surface area contributed by atoms with Crippen molar-refractivity contribution in [2.24, 2.45) is 4.99 Å². The van der Waals surface area contributed by atoms with E-state index in [1.807, 2.05) is 0 Å². The Labute approximate surface area is 158 Å². The first-order valence-electron chi connectivity index (χ1n) is 7.42. The lowest BCUT2D eigenvalue weighted by atomic mass is 10.2. The van der Waals surface area contributed by atoms with Crippen LogP contribution in [0.15, 0.2) is 73.5 Å². The van der Waals surface area contributed by atoms with Crippen molar-refractivity contribution in [2.75, 3.05) is 4.72 Å². The van der Waals surface area contributed by atoms with E-state index in [9.17, 15) is 13.5 Å². The fraction of sp³-hybridized carbons (Fsp3) is 0.0588. The number of aromatic nitrogens is 1. The first kappa shape index (κ1) is 18.2. The Morgan fingerprint density at radius 3 is 2.54 bits per heavy atom. The van der Waals surface area contributed by atoms with Crippen LogP contribution in [0.2, 0.25) is 0 Å². The number of hydrogen-bond acceptors (Lipinski definition) is 6. The van der Waals surface area contributed by atoms with Crippen molar-refractivity contribution in [3.05, 3.63) is 70.4 Å². The fourth-order valence-electron chi connectivity index (χ4n) is 2.15. The maximum Gasteiger partial charge on any atom is 0.261 e. The van der Waals surface area contributed by atoms with Gasteiger partial charge in [0, 0.05) is 16.1 Å². The van der Waals surface area contributed by atoms with Gasteiger partial charge in [-0.25, -0.2) is 13.4 Å². The molecule has 0 amide bonds. The van der Waals surface area contributed by atoms with Crippen molar-refractivity contribution in [1.82, 2.24) is 5.16 Å². The van der Waals surface area contributed by atoms with Crippen LogP contribution in [0, 0.1) is 6.92 Å². The molecule has 3 aromatic rings. The zero-order valence-corrected chi connectivity index (χ0v) is 15.9. The number of nitrogens with one attached hydrogen (secondary N) is 1. The number of halogens is 1. The second kappa shape index (κ2) is 7.30. The van der Waals surface area contributed by atoms with Crippen molar-refractivity contribution in [3.63, 3.8) is 0 Å². The molecular weight excluding hydrogens is 422 g/mol. The number of anilines is 1. The standard InChI is InChI=1S/C17H14BrN3O4S/c1-11-10-16(20-25-11)19-17(22)14-4-2-3-5-15(14)21-26(23,24)13-8-6-12(18)7-9-13/h2-10,21H,1H3,(H,19,20,22)/p-1. The van der Waals surface area contributed by atoms with Crippen LogP contribution < -0.4 is 9.83 Å². The van der Waals surface area contributed by atoms with Gasteiger partial charge in [0.2, 0.25) is 0 Å². The quantitative estimate of drug-likeness (QED) is 0.490. The summed E-state index contributed by atoms with van der Waals surface area (Å²) in [5, 5.41) is 16.1. The van der Waals surface area contributed by atoms with Crippen molar-refractivity contribution < 1.29 is 18.0 Å². The van der Waals surface area contributed by atoms with E-state index in [0.717, 1.165) is 4.47 Å². The van der Waals surface area contributed by atoms with Crippen LogP contribution in [0.25, 0.3) is 0 Å². The Kier molecular flexibility index (Phi) is 5.10. The molecule has 0 radical (unpaired) electrons. The Bertz CT molecular complexity index is 1060. The summed E-state index contributed by atoms with van der Waals surface area (Å²) >= 11 is 3.26. The van der Waals surface area contributed by atoms with Gasteiger partial charge in [-0.05, 0) is 43.2 Å². The highest BCUT2D eigenvalue weighted by molar-refractivity contribution is 9.10. The molecule has 0 bridgehead atoms. The summed E-state index contributed by atoms with van der Waals surface area (Å²) in [6.45, 7) is 1.68. The third kappa shape index (κ3) is 4.12. The highest BCUT2D eigenvalue weighted by Gasteiger charge is 2.16. The van der Waals surface area contributed by atoms with Gasteiger partial charge in [-0.3, -0.25) is 4.72 Å². The van der Waals surface area contributed by atoms with E-state index in [-0.39, 0.29) is 22.0 Å². The lowest BCUT2D eigenvalue weighted by Crippen LogP contribution is -2.22. The molecule has 0 unspecified atom stereocenters. The molecule has 0 spiro atoms. The third-order valence-corrected chi connectivity index (χ3v) is 5.27. The first-order valence-corrected chi connectivity index (χ1v) is 9.69. The molecule has 9 heteroatoms. The van der Waals surface area contributed by atoms with Gasteiger partial charge in [0.15, 0.2) is 5.82 Å². The maximum atomic E-state index is 12.6. The van der Waals surface area contributed by atoms with Crippen LogP contribution in [0.5, 0.6) is 0 Å². The molecule has 0 aliphatic rings. The van der Waals surface area contributed by atoms with Crippen molar-refractivity contribution >= 4 is 43.4 Å². The van der Waals surface area contributed by atoms with E-state index in [4.69, 9.17) is 4.52 Å². The summed E-state index contributed by atoms with van der Waals surface area (Å²) in [6.07, 6.45) is 0. The van der Waals surface area contributed by atoms with Gasteiger partial charge in [0.1, 0.15) is 5.76 Å². The van der Waals surface area contributed by atoms with Gasteiger partial charge in [0.25, 0.3) is 10.0 Å². The molecule has 7 nitrogen and oxygen atoms in total. The molecule has 1 heterocycles. The fourth-order valence-corrected chi connectivity index (χ4v) is 3.49. The maximum absolute atomic E-state index is 12.6. The van der Waals surface area contributed by atoms with E-state index in [1.165, 1.54) is 30.3 Å². The Morgan fingerprint density at radius 2 is 1.88 bits per heavy atom. The number of aliphatic imine (C=N–C) groups is 1. The van der Waals surface area contributed by atoms with Crippen LogP contribution in [0.1, 0.15) is 11.3 Å². The second-order valence-corrected chi connectivity index (χ2v) is 7.92. The number of benzene rings is 2. The first-order chi connectivity index (χ1) is 12.3. The van der Waals surface area contributed by atoms with Crippen LogP contribution in [-0.4, -0.2) is 19.5 Å². The highest BCUT2D eigenvalue weighted by Crippen LogP contribution is 2.22. The van der Waals surface area contributed by atoms with Gasteiger partial charge in [-0.1, -0.05) is 39.3 Å². The average molecular weight is 435 g/mol. The molecule has 0 aliphatic heterocycles. The van der Waals surface area contributed by atoms with Gasteiger partial charge in [-0.15, -0.1) is 0 Å². The van der Waals surface area contributed by atoms with E-state index >= 15 is 0 Å². The zero-order valence-electron chi connectivity index (χ0n) is 13.5. The van der Waals surface area contributed by atoms with Crippen molar-refractivity contribution in [2.45, 2.75) is 11.8 Å². The summed E-state index contributed by atoms with van der Waals surface area (Å²) < 4.78 is 33.2. The van der Waals surface area contributed by atoms with E-state index < -0.39 is 15.9 Å². The van der Waals surface area contributed by atoms with E-state index in [1.54, 1.807) is 31.2 Å². The zero-order chi connectivity index (χ0) is 18.7. The molecule has 134 valence electrons. The molecular formula is C17H13BrN3O4S-. The highest BCUT2D eigenvalue weighted by atomic mass is 79.9. The smallest absolute Gasteiger partial charge is 0.261 e. The number of aryl methyl sites for hydroxylation is 1. The van der Waals surface area contributed by atoms with E-state index in [2.05, 4.69) is 30.8 Å². The molecule has 1 N–H and O–H groups in total. The topological polar surface area (TPSA) is 108 Å². The summed E-state index contributed by atoms with van der Waals surface area (Å²) in [5.74, 6) is 0.00579. The molecule has 1 aromatic heterocycles. The summed E-state index contributed by atoms with van der Waals surface area (Å²) in [4.78, 5) is 3.92. The van der Waals surface area contributed by atoms with Crippen LogP contribution >= 0.6 is 15.9 Å². The molecule has 0 aliphatic carbocycles. The minimum absolute atomic E-state index is 0.0759. The van der Waals surface area contributed by atoms with Crippen LogP contribution in [-0.2, 0) is 10.0 Å². The monoisotopic (exact) mass is 434 g/mol. The van der Waals surface area contributed by atoms with E-state index in [0.29, 0.717) is 5.76 Å². The summed E-state index contributed by atoms with van der Waals surface area (Å²) in [7, 11) is -3.85. The van der Waals surface area contributed by atoms with Crippen molar-refractivity contribution in [3.8, 4) is 0 Å². The predicted octanol–water partition coefficient (Wildman–Crippen LogP) is 2.98. The Balaban J connectivity index is 1.94. The molecule has 3 rings (SSSR count). The largest absolute Gasteiger partial charge is 0.858 e. The molecule has 0 atom stereocenters. The number of hydrogen-bond donors (Lipinski definition) is 1. The lowest BCUT2D eigenvalue weighted by Gasteiger charge is -2.16. The number of para-hydroxylation sites is 1. The third-order valence-electron chi connectivity index (χ3n) is 3.36. The Hall–Kier alpha value is -2.65. The minimum atomic E-state index is -3.85. The van der Waals surface area contributed by atoms with Crippen molar-refractivity contribution in [1.29, 1.82) is 0 Å². The number of sulfonamides is 1. The normalized spacial score (nSPS) is 12.2. The molecule has 0 saturated carbocycles. The molecule has 26 heavy (non-hydrogen) atoms. The number of nitrogens with zero attached hydrogens (tertiary/aromatic N) is 2. The molecule has 0 fully saturated rings. The Morgan fingerprint density at radius 1 is 1.19 bits per heavy atom. The van der Waals surface area contributed by atoms with Gasteiger partial charge < -0.3 is 9.63 Å². The minimum Gasteiger partial charge on any atom is -0.858 e. The predicted molar refractivity (Wildman–Crippen MR) is 98.8 cm³/mol. The van der Waals surface area contributed by atoms with Crippen LogP contribution in [0.3, 0.4) is 0 Å². The lowest BCUT2D eigenvalue weighted by molar-refractivity contribution is -0.212. The summed E-state index contributed by atoms with van der Waals surface area (Å²) in [5.41, 5.74) is 0.234. The average Bonchev–Trinajstić information content (AvgIpc) is 3.00. The van der Waals surface area contributed by atoms with Gasteiger partial charge >= 0.3 is 0 Å². The van der Waals surface area contributed by atoms with Gasteiger partial charge in [0.05, 0.1) is 10.6 Å².